The Balaban J connectivity index is 2.46. The van der Waals surface area contributed by atoms with Gasteiger partial charge in [-0.1, -0.05) is 17.7 Å². The van der Waals surface area contributed by atoms with Crippen molar-refractivity contribution in [3.63, 3.8) is 0 Å². The van der Waals surface area contributed by atoms with Crippen molar-refractivity contribution in [3.8, 4) is 5.69 Å². The van der Waals surface area contributed by atoms with E-state index in [0.29, 0.717) is 10.7 Å². The maximum atomic E-state index is 12.7. The number of nitrogens with zero attached hydrogens (tertiary/aromatic N) is 2. The molecule has 1 amide bonds. The largest absolute Gasteiger partial charge is 0.443 e. The van der Waals surface area contributed by atoms with Crippen molar-refractivity contribution in [2.75, 3.05) is 0 Å². The number of alkyl halides is 3. The van der Waals surface area contributed by atoms with E-state index in [9.17, 15) is 18.0 Å². The standard InChI is InChI=1S/C12H9ClF3N3O2/c13-7-2-1-3-8(4-7)19-9(6-21-11(17)20)5-10(18-19)12(14,15)16/h1-5H,6H2,(H2,17,20). The summed E-state index contributed by atoms with van der Waals surface area (Å²) in [4.78, 5) is 10.6. The van der Waals surface area contributed by atoms with E-state index >= 15 is 0 Å². The Morgan fingerprint density at radius 1 is 1.38 bits per heavy atom. The van der Waals surface area contributed by atoms with Gasteiger partial charge in [-0.25, -0.2) is 9.48 Å². The summed E-state index contributed by atoms with van der Waals surface area (Å²) in [6.07, 6.45) is -5.71. The van der Waals surface area contributed by atoms with Crippen LogP contribution in [0.2, 0.25) is 5.02 Å². The molecule has 0 aliphatic carbocycles. The number of ether oxygens (including phenoxy) is 1. The van der Waals surface area contributed by atoms with Crippen molar-refractivity contribution >= 4 is 17.7 Å². The van der Waals surface area contributed by atoms with E-state index in [1.807, 2.05) is 0 Å². The van der Waals surface area contributed by atoms with Crippen molar-refractivity contribution in [2.45, 2.75) is 12.8 Å². The molecule has 0 unspecified atom stereocenters. The van der Waals surface area contributed by atoms with E-state index < -0.39 is 24.6 Å². The first kappa shape index (κ1) is 15.2. The molecule has 0 radical (unpaired) electrons. The van der Waals surface area contributed by atoms with Crippen LogP contribution in [0, 0.1) is 0 Å². The molecule has 0 spiro atoms. The SMILES string of the molecule is NC(=O)OCc1cc(C(F)(F)F)nn1-c1cccc(Cl)c1. The topological polar surface area (TPSA) is 70.1 Å². The summed E-state index contributed by atoms with van der Waals surface area (Å²) >= 11 is 5.80. The summed E-state index contributed by atoms with van der Waals surface area (Å²) in [5, 5.41) is 3.80. The van der Waals surface area contributed by atoms with Crippen LogP contribution >= 0.6 is 11.6 Å². The molecule has 2 aromatic rings. The Kier molecular flexibility index (Phi) is 4.08. The molecule has 0 bridgehead atoms. The molecule has 1 aromatic carbocycles. The van der Waals surface area contributed by atoms with Crippen molar-refractivity contribution in [3.05, 3.63) is 46.7 Å². The number of carbonyl (C=O) groups excluding carboxylic acids is 1. The van der Waals surface area contributed by atoms with Gasteiger partial charge in [-0.05, 0) is 24.3 Å². The predicted molar refractivity (Wildman–Crippen MR) is 67.9 cm³/mol. The van der Waals surface area contributed by atoms with Crippen molar-refractivity contribution in [1.29, 1.82) is 0 Å². The third-order valence-electron chi connectivity index (χ3n) is 2.49. The fourth-order valence-electron chi connectivity index (χ4n) is 1.64. The van der Waals surface area contributed by atoms with Gasteiger partial charge in [-0.15, -0.1) is 0 Å². The number of primary amides is 1. The molecular formula is C12H9ClF3N3O2. The normalized spacial score (nSPS) is 11.4. The predicted octanol–water partition coefficient (Wildman–Crippen LogP) is 3.14. The molecule has 0 aliphatic heterocycles. The first-order valence-electron chi connectivity index (χ1n) is 5.61. The zero-order chi connectivity index (χ0) is 15.6. The van der Waals surface area contributed by atoms with Gasteiger partial charge in [0.25, 0.3) is 0 Å². The van der Waals surface area contributed by atoms with Gasteiger partial charge in [-0.3, -0.25) is 0 Å². The average Bonchev–Trinajstić information content (AvgIpc) is 2.80. The minimum absolute atomic E-state index is 0.0170. The van der Waals surface area contributed by atoms with E-state index in [1.54, 1.807) is 12.1 Å². The highest BCUT2D eigenvalue weighted by molar-refractivity contribution is 6.30. The molecule has 5 nitrogen and oxygen atoms in total. The van der Waals surface area contributed by atoms with Gasteiger partial charge in [-0.2, -0.15) is 18.3 Å². The molecule has 21 heavy (non-hydrogen) atoms. The van der Waals surface area contributed by atoms with Crippen molar-refractivity contribution in [1.82, 2.24) is 9.78 Å². The fourth-order valence-corrected chi connectivity index (χ4v) is 1.82. The molecule has 1 heterocycles. The van der Waals surface area contributed by atoms with Gasteiger partial charge in [0, 0.05) is 5.02 Å². The van der Waals surface area contributed by atoms with Crippen LogP contribution in [-0.4, -0.2) is 15.9 Å². The molecule has 0 atom stereocenters. The maximum Gasteiger partial charge on any atom is 0.435 e. The number of carbonyl (C=O) groups is 1. The van der Waals surface area contributed by atoms with E-state index in [1.165, 1.54) is 12.1 Å². The molecule has 0 saturated heterocycles. The molecule has 0 fully saturated rings. The molecule has 0 aliphatic rings. The number of hydrogen-bond donors (Lipinski definition) is 1. The second-order valence-corrected chi connectivity index (χ2v) is 4.45. The first-order valence-corrected chi connectivity index (χ1v) is 5.99. The summed E-state index contributed by atoms with van der Waals surface area (Å²) in [5.41, 5.74) is 4.03. The summed E-state index contributed by atoms with van der Waals surface area (Å²) in [6.45, 7) is -0.440. The van der Waals surface area contributed by atoms with Crippen LogP contribution in [0.4, 0.5) is 18.0 Å². The Bertz CT molecular complexity index is 670. The highest BCUT2D eigenvalue weighted by Gasteiger charge is 2.35. The van der Waals surface area contributed by atoms with Crippen LogP contribution in [0.3, 0.4) is 0 Å². The van der Waals surface area contributed by atoms with Gasteiger partial charge in [0.05, 0.1) is 11.4 Å². The van der Waals surface area contributed by atoms with E-state index in [2.05, 4.69) is 9.84 Å². The number of rotatable bonds is 3. The highest BCUT2D eigenvalue weighted by atomic mass is 35.5. The number of hydrogen-bond acceptors (Lipinski definition) is 3. The van der Waals surface area contributed by atoms with Gasteiger partial charge < -0.3 is 10.5 Å². The molecule has 1 aromatic heterocycles. The zero-order valence-electron chi connectivity index (χ0n) is 10.4. The van der Waals surface area contributed by atoms with E-state index in [-0.39, 0.29) is 5.69 Å². The monoisotopic (exact) mass is 319 g/mol. The van der Waals surface area contributed by atoms with Gasteiger partial charge in [0.1, 0.15) is 6.61 Å². The van der Waals surface area contributed by atoms with Gasteiger partial charge in [0.15, 0.2) is 5.69 Å². The van der Waals surface area contributed by atoms with Gasteiger partial charge >= 0.3 is 12.3 Å². The van der Waals surface area contributed by atoms with Crippen LogP contribution in [0.5, 0.6) is 0 Å². The quantitative estimate of drug-likeness (QED) is 0.944. The lowest BCUT2D eigenvalue weighted by Gasteiger charge is -2.07. The Labute approximate surface area is 122 Å². The zero-order valence-corrected chi connectivity index (χ0v) is 11.1. The minimum Gasteiger partial charge on any atom is -0.443 e. The second-order valence-electron chi connectivity index (χ2n) is 4.02. The molecule has 9 heteroatoms. The van der Waals surface area contributed by atoms with Gasteiger partial charge in [0.2, 0.25) is 0 Å². The Hall–Kier alpha value is -2.22. The molecule has 112 valence electrons. The number of aromatic nitrogens is 2. The summed E-state index contributed by atoms with van der Waals surface area (Å²) in [6, 6.07) is 6.86. The number of nitrogens with two attached hydrogens (primary N) is 1. The number of amides is 1. The number of halogens is 4. The van der Waals surface area contributed by atoms with Crippen LogP contribution in [0.1, 0.15) is 11.4 Å². The lowest BCUT2D eigenvalue weighted by molar-refractivity contribution is -0.141. The Morgan fingerprint density at radius 2 is 2.10 bits per heavy atom. The Morgan fingerprint density at radius 3 is 2.67 bits per heavy atom. The third-order valence-corrected chi connectivity index (χ3v) is 2.72. The van der Waals surface area contributed by atoms with E-state index in [0.717, 1.165) is 10.7 Å². The molecular weight excluding hydrogens is 311 g/mol. The molecule has 2 N–H and O–H groups in total. The number of benzene rings is 1. The third kappa shape index (κ3) is 3.66. The van der Waals surface area contributed by atoms with Crippen LogP contribution in [-0.2, 0) is 17.5 Å². The summed E-state index contributed by atoms with van der Waals surface area (Å²) in [7, 11) is 0. The first-order chi connectivity index (χ1) is 9.77. The second kappa shape index (κ2) is 5.65. The van der Waals surface area contributed by atoms with Crippen LogP contribution in [0.15, 0.2) is 30.3 Å². The van der Waals surface area contributed by atoms with Crippen molar-refractivity contribution in [2.24, 2.45) is 5.73 Å². The summed E-state index contributed by atoms with van der Waals surface area (Å²) in [5.74, 6) is 0. The average molecular weight is 320 g/mol. The smallest absolute Gasteiger partial charge is 0.435 e. The van der Waals surface area contributed by atoms with Crippen molar-refractivity contribution < 1.29 is 22.7 Å². The van der Waals surface area contributed by atoms with Crippen LogP contribution in [0.25, 0.3) is 5.69 Å². The minimum atomic E-state index is -4.62. The summed E-state index contributed by atoms with van der Waals surface area (Å²) < 4.78 is 43.7. The highest BCUT2D eigenvalue weighted by Crippen LogP contribution is 2.30. The molecule has 0 saturated carbocycles. The fraction of sp³-hybridized carbons (Fsp3) is 0.167. The van der Waals surface area contributed by atoms with E-state index in [4.69, 9.17) is 17.3 Å². The lowest BCUT2D eigenvalue weighted by atomic mass is 10.3. The lowest BCUT2D eigenvalue weighted by Crippen LogP contribution is -2.14. The molecule has 2 rings (SSSR count). The van der Waals surface area contributed by atoms with Crippen LogP contribution < -0.4 is 5.73 Å². The maximum absolute atomic E-state index is 12.7.